The molecule has 1 aliphatic carbocycles. The first-order valence-electron chi connectivity index (χ1n) is 11.3. The van der Waals surface area contributed by atoms with Gasteiger partial charge in [0.05, 0.1) is 5.92 Å². The molecule has 170 valence electrons. The fourth-order valence-corrected chi connectivity index (χ4v) is 3.81. The van der Waals surface area contributed by atoms with Gasteiger partial charge in [-0.05, 0) is 56.4 Å². The number of allylic oxidation sites excluding steroid dienone is 2. The zero-order valence-electron chi connectivity index (χ0n) is 18.4. The number of carbonyl (C=O) groups excluding carboxylic acids is 2. The lowest BCUT2D eigenvalue weighted by Crippen LogP contribution is -2.34. The number of esters is 1. The van der Waals surface area contributed by atoms with Crippen molar-refractivity contribution >= 4 is 17.8 Å². The standard InChI is InChI=1S/C25H35NO5/c1-19(11-5-2-3-8-16-24(28)29)17-23(27)26-18-22(20-12-6-4-7-13-20)25(30)31-21-14-9-10-15-21/h2-4,6-7,12-13,19,21-22H,5,8-11,14-18H2,1H3,(H,26,27)(H,28,29). The van der Waals surface area contributed by atoms with E-state index in [9.17, 15) is 14.4 Å². The molecule has 0 saturated heterocycles. The molecule has 2 unspecified atom stereocenters. The smallest absolute Gasteiger partial charge is 0.315 e. The van der Waals surface area contributed by atoms with E-state index in [1.807, 2.05) is 49.4 Å². The third-order valence-electron chi connectivity index (χ3n) is 5.63. The van der Waals surface area contributed by atoms with Crippen LogP contribution in [0.15, 0.2) is 42.5 Å². The van der Waals surface area contributed by atoms with Crippen molar-refractivity contribution in [3.05, 3.63) is 48.0 Å². The van der Waals surface area contributed by atoms with E-state index in [0.717, 1.165) is 44.1 Å². The van der Waals surface area contributed by atoms with E-state index < -0.39 is 11.9 Å². The maximum Gasteiger partial charge on any atom is 0.315 e. The number of rotatable bonds is 13. The lowest BCUT2D eigenvalue weighted by Gasteiger charge is -2.20. The molecule has 2 N–H and O–H groups in total. The zero-order chi connectivity index (χ0) is 22.5. The SMILES string of the molecule is CC(CCC=CCCC(=O)O)CC(=O)NCC(C(=O)OC1CCCC1)c1ccccc1. The lowest BCUT2D eigenvalue weighted by atomic mass is 9.98. The van der Waals surface area contributed by atoms with Crippen molar-refractivity contribution in [1.29, 1.82) is 0 Å². The third-order valence-corrected chi connectivity index (χ3v) is 5.63. The van der Waals surface area contributed by atoms with E-state index in [0.29, 0.717) is 12.8 Å². The Morgan fingerprint density at radius 1 is 1.13 bits per heavy atom. The van der Waals surface area contributed by atoms with Crippen LogP contribution in [0.5, 0.6) is 0 Å². The van der Waals surface area contributed by atoms with Crippen LogP contribution >= 0.6 is 0 Å². The second kappa shape index (κ2) is 13.6. The average molecular weight is 430 g/mol. The molecule has 31 heavy (non-hydrogen) atoms. The van der Waals surface area contributed by atoms with Gasteiger partial charge in [0.2, 0.25) is 5.91 Å². The Kier molecular flexibility index (Phi) is 10.8. The molecule has 2 rings (SSSR count). The highest BCUT2D eigenvalue weighted by atomic mass is 16.5. The minimum atomic E-state index is -0.796. The molecule has 0 bridgehead atoms. The van der Waals surface area contributed by atoms with E-state index in [-0.39, 0.29) is 36.9 Å². The summed E-state index contributed by atoms with van der Waals surface area (Å²) in [4.78, 5) is 35.7. The van der Waals surface area contributed by atoms with E-state index in [4.69, 9.17) is 9.84 Å². The molecule has 0 heterocycles. The Balaban J connectivity index is 1.78. The van der Waals surface area contributed by atoms with Gasteiger partial charge in [-0.25, -0.2) is 0 Å². The van der Waals surface area contributed by atoms with Crippen LogP contribution in [0, 0.1) is 5.92 Å². The fourth-order valence-electron chi connectivity index (χ4n) is 3.81. The normalized spacial score (nSPS) is 16.2. The van der Waals surface area contributed by atoms with Crippen LogP contribution in [0.2, 0.25) is 0 Å². The number of aliphatic carboxylic acids is 1. The van der Waals surface area contributed by atoms with Crippen LogP contribution in [0.3, 0.4) is 0 Å². The van der Waals surface area contributed by atoms with Gasteiger partial charge in [-0.15, -0.1) is 0 Å². The minimum Gasteiger partial charge on any atom is -0.481 e. The summed E-state index contributed by atoms with van der Waals surface area (Å²) < 4.78 is 5.71. The van der Waals surface area contributed by atoms with Crippen molar-refractivity contribution < 1.29 is 24.2 Å². The Morgan fingerprint density at radius 2 is 1.81 bits per heavy atom. The van der Waals surface area contributed by atoms with Crippen LogP contribution in [0.1, 0.15) is 76.2 Å². The molecule has 0 aromatic heterocycles. The van der Waals surface area contributed by atoms with Crippen molar-refractivity contribution in [2.75, 3.05) is 6.54 Å². The Labute approximate surface area is 185 Å². The molecule has 1 amide bonds. The first-order chi connectivity index (χ1) is 15.0. The first kappa shape index (κ1) is 24.6. The molecule has 1 aliphatic rings. The number of hydrogen-bond acceptors (Lipinski definition) is 4. The van der Waals surface area contributed by atoms with Crippen LogP contribution in [-0.2, 0) is 19.1 Å². The average Bonchev–Trinajstić information content (AvgIpc) is 3.24. The molecule has 6 nitrogen and oxygen atoms in total. The van der Waals surface area contributed by atoms with Gasteiger partial charge in [0.1, 0.15) is 6.10 Å². The van der Waals surface area contributed by atoms with Crippen LogP contribution in [0.4, 0.5) is 0 Å². The number of hydrogen-bond donors (Lipinski definition) is 2. The fraction of sp³-hybridized carbons (Fsp3) is 0.560. The summed E-state index contributed by atoms with van der Waals surface area (Å²) in [5.74, 6) is -1.44. The van der Waals surface area contributed by atoms with Gasteiger partial charge in [0.15, 0.2) is 0 Å². The zero-order valence-corrected chi connectivity index (χ0v) is 18.4. The summed E-state index contributed by atoms with van der Waals surface area (Å²) >= 11 is 0. The first-order valence-corrected chi connectivity index (χ1v) is 11.3. The molecule has 1 saturated carbocycles. The van der Waals surface area contributed by atoms with Crippen molar-refractivity contribution in [3.8, 4) is 0 Å². The summed E-state index contributed by atoms with van der Waals surface area (Å²) in [5, 5.41) is 11.5. The third kappa shape index (κ3) is 9.81. The summed E-state index contributed by atoms with van der Waals surface area (Å²) in [6.45, 7) is 2.25. The Bertz CT molecular complexity index is 725. The van der Waals surface area contributed by atoms with Crippen LogP contribution < -0.4 is 5.32 Å². The quantitative estimate of drug-likeness (QED) is 0.353. The maximum atomic E-state index is 12.8. The van der Waals surface area contributed by atoms with E-state index >= 15 is 0 Å². The summed E-state index contributed by atoms with van der Waals surface area (Å²) in [7, 11) is 0. The Morgan fingerprint density at radius 3 is 2.48 bits per heavy atom. The van der Waals surface area contributed by atoms with Gasteiger partial charge in [0, 0.05) is 19.4 Å². The topological polar surface area (TPSA) is 92.7 Å². The minimum absolute atomic E-state index is 0.00186. The predicted molar refractivity (Wildman–Crippen MR) is 120 cm³/mol. The lowest BCUT2D eigenvalue weighted by molar-refractivity contribution is -0.150. The number of carbonyl (C=O) groups is 3. The van der Waals surface area contributed by atoms with Gasteiger partial charge in [-0.1, -0.05) is 49.4 Å². The predicted octanol–water partition coefficient (Wildman–Crippen LogP) is 4.60. The highest BCUT2D eigenvalue weighted by Crippen LogP contribution is 2.24. The highest BCUT2D eigenvalue weighted by molar-refractivity contribution is 5.81. The summed E-state index contributed by atoms with van der Waals surface area (Å²) in [6.07, 6.45) is 10.6. The van der Waals surface area contributed by atoms with Crippen LogP contribution in [0.25, 0.3) is 0 Å². The number of nitrogens with one attached hydrogen (secondary N) is 1. The second-order valence-electron chi connectivity index (χ2n) is 8.40. The molecule has 1 aromatic rings. The van der Waals surface area contributed by atoms with E-state index in [1.54, 1.807) is 0 Å². The van der Waals surface area contributed by atoms with Crippen molar-refractivity contribution in [2.24, 2.45) is 5.92 Å². The molecule has 1 fully saturated rings. The molecule has 2 atom stereocenters. The number of ether oxygens (including phenoxy) is 1. The van der Waals surface area contributed by atoms with Crippen molar-refractivity contribution in [3.63, 3.8) is 0 Å². The molecule has 0 aliphatic heterocycles. The summed E-state index contributed by atoms with van der Waals surface area (Å²) in [6, 6.07) is 9.47. The Hall–Kier alpha value is -2.63. The monoisotopic (exact) mass is 429 g/mol. The number of benzene rings is 1. The van der Waals surface area contributed by atoms with Gasteiger partial charge in [0.25, 0.3) is 0 Å². The van der Waals surface area contributed by atoms with Crippen molar-refractivity contribution in [2.45, 2.75) is 76.7 Å². The van der Waals surface area contributed by atoms with Gasteiger partial charge in [-0.3, -0.25) is 14.4 Å². The number of carboxylic acid groups (broad SMARTS) is 1. The van der Waals surface area contributed by atoms with Gasteiger partial charge < -0.3 is 15.2 Å². The van der Waals surface area contributed by atoms with Gasteiger partial charge >= 0.3 is 11.9 Å². The number of amides is 1. The molecule has 6 heteroatoms. The van der Waals surface area contributed by atoms with Gasteiger partial charge in [-0.2, -0.15) is 0 Å². The highest BCUT2D eigenvalue weighted by Gasteiger charge is 2.27. The molecular weight excluding hydrogens is 394 g/mol. The molecule has 0 radical (unpaired) electrons. The number of carboxylic acids is 1. The molecular formula is C25H35NO5. The molecule has 0 spiro atoms. The van der Waals surface area contributed by atoms with E-state index in [1.165, 1.54) is 0 Å². The van der Waals surface area contributed by atoms with Crippen molar-refractivity contribution in [1.82, 2.24) is 5.32 Å². The molecule has 1 aromatic carbocycles. The van der Waals surface area contributed by atoms with Crippen LogP contribution in [-0.4, -0.2) is 35.6 Å². The largest absolute Gasteiger partial charge is 0.481 e. The second-order valence-corrected chi connectivity index (χ2v) is 8.40. The van der Waals surface area contributed by atoms with E-state index in [2.05, 4.69) is 5.32 Å². The maximum absolute atomic E-state index is 12.8. The summed E-state index contributed by atoms with van der Waals surface area (Å²) in [5.41, 5.74) is 0.852.